The minimum Gasteiger partial charge on any atom is -0.256 e. The Labute approximate surface area is 274 Å². The average Bonchev–Trinajstić information content (AvgIpc) is 3.14. The SMILES string of the molecule is CC12C=CC=CC1c1ccccc1C=C2c1cc(-c2cc3ccccc3c3ccccc23)nc(-c2ccc(-c3ccccn3)cc2)n1. The molecule has 0 radical (unpaired) electrons. The topological polar surface area (TPSA) is 38.7 Å². The molecule has 47 heavy (non-hydrogen) atoms. The van der Waals surface area contributed by atoms with Crippen LogP contribution in [0.15, 0.2) is 158 Å². The lowest BCUT2D eigenvalue weighted by Crippen LogP contribution is -2.29. The zero-order valence-corrected chi connectivity index (χ0v) is 26.0. The van der Waals surface area contributed by atoms with Crippen molar-refractivity contribution in [1.29, 1.82) is 0 Å². The molecule has 0 bridgehead atoms. The molecule has 2 heterocycles. The van der Waals surface area contributed by atoms with Crippen molar-refractivity contribution in [2.24, 2.45) is 5.41 Å². The summed E-state index contributed by atoms with van der Waals surface area (Å²) in [5.41, 5.74) is 9.45. The van der Waals surface area contributed by atoms with Gasteiger partial charge in [-0.05, 0) is 68.6 Å². The normalized spacial score (nSPS) is 18.1. The number of hydrogen-bond donors (Lipinski definition) is 0. The van der Waals surface area contributed by atoms with Crippen LogP contribution in [0.3, 0.4) is 0 Å². The van der Waals surface area contributed by atoms with Crippen LogP contribution in [-0.4, -0.2) is 15.0 Å². The van der Waals surface area contributed by atoms with Crippen LogP contribution in [0.2, 0.25) is 0 Å². The van der Waals surface area contributed by atoms with Crippen LogP contribution in [0.4, 0.5) is 0 Å². The first-order valence-electron chi connectivity index (χ1n) is 16.1. The molecule has 0 spiro atoms. The molecule has 0 amide bonds. The highest BCUT2D eigenvalue weighted by Crippen LogP contribution is 2.54. The first-order chi connectivity index (χ1) is 23.2. The van der Waals surface area contributed by atoms with E-state index in [0.29, 0.717) is 5.82 Å². The maximum absolute atomic E-state index is 5.35. The van der Waals surface area contributed by atoms with Gasteiger partial charge in [-0.1, -0.05) is 134 Å². The zero-order valence-electron chi connectivity index (χ0n) is 26.0. The standard InChI is InChI=1S/C44H31N3/c1-44-24-10-8-18-38(44)34-15-5-3-13-32(34)27-39(44)42-28-41(37-26-31-12-2-4-14-33(31)35-16-6-7-17-36(35)37)46-43(47-42)30-22-20-29(21-23-30)40-19-9-11-25-45-40/h2-28,38H,1H3. The van der Waals surface area contributed by atoms with E-state index in [-0.39, 0.29) is 11.3 Å². The molecule has 3 nitrogen and oxygen atoms in total. The lowest BCUT2D eigenvalue weighted by Gasteiger charge is -2.41. The Morgan fingerprint density at radius 3 is 2.17 bits per heavy atom. The van der Waals surface area contributed by atoms with Gasteiger partial charge >= 0.3 is 0 Å². The van der Waals surface area contributed by atoms with Gasteiger partial charge in [-0.2, -0.15) is 0 Å². The lowest BCUT2D eigenvalue weighted by molar-refractivity contribution is 0.497. The van der Waals surface area contributed by atoms with Gasteiger partial charge in [0.2, 0.25) is 0 Å². The number of nitrogens with zero attached hydrogens (tertiary/aromatic N) is 3. The molecule has 7 aromatic rings. The smallest absolute Gasteiger partial charge is 0.160 e. The van der Waals surface area contributed by atoms with E-state index in [1.807, 2.05) is 24.4 Å². The molecule has 2 atom stereocenters. The fourth-order valence-electron chi connectivity index (χ4n) is 7.45. The molecule has 3 heteroatoms. The summed E-state index contributed by atoms with van der Waals surface area (Å²) in [5.74, 6) is 0.919. The average molecular weight is 602 g/mol. The highest BCUT2D eigenvalue weighted by molar-refractivity contribution is 6.13. The Hall–Kier alpha value is -5.93. The molecule has 2 unspecified atom stereocenters. The van der Waals surface area contributed by atoms with E-state index in [9.17, 15) is 0 Å². The van der Waals surface area contributed by atoms with Crippen molar-refractivity contribution < 1.29 is 0 Å². The zero-order chi connectivity index (χ0) is 31.4. The van der Waals surface area contributed by atoms with E-state index < -0.39 is 0 Å². The summed E-state index contributed by atoms with van der Waals surface area (Å²) in [7, 11) is 0. The first kappa shape index (κ1) is 27.4. The van der Waals surface area contributed by atoms with Gasteiger partial charge in [-0.25, -0.2) is 9.97 Å². The molecular formula is C44H31N3. The number of rotatable bonds is 4. The van der Waals surface area contributed by atoms with Gasteiger partial charge in [0.1, 0.15) is 0 Å². The molecule has 2 aromatic heterocycles. The summed E-state index contributed by atoms with van der Waals surface area (Å²) in [4.78, 5) is 15.2. The van der Waals surface area contributed by atoms with Crippen molar-refractivity contribution in [3.05, 3.63) is 175 Å². The number of benzene rings is 5. The first-order valence-corrected chi connectivity index (χ1v) is 16.1. The third-order valence-corrected chi connectivity index (χ3v) is 9.86. The second-order valence-electron chi connectivity index (χ2n) is 12.6. The van der Waals surface area contributed by atoms with Crippen LogP contribution >= 0.6 is 0 Å². The van der Waals surface area contributed by atoms with Crippen LogP contribution in [-0.2, 0) is 0 Å². The van der Waals surface area contributed by atoms with E-state index in [1.165, 1.54) is 38.2 Å². The Morgan fingerprint density at radius 2 is 1.32 bits per heavy atom. The number of fused-ring (bicyclic) bond motifs is 6. The van der Waals surface area contributed by atoms with Gasteiger partial charge < -0.3 is 0 Å². The largest absolute Gasteiger partial charge is 0.256 e. The van der Waals surface area contributed by atoms with Gasteiger partial charge in [-0.15, -0.1) is 0 Å². The minimum atomic E-state index is -0.264. The van der Waals surface area contributed by atoms with Gasteiger partial charge in [0.25, 0.3) is 0 Å². The molecule has 0 saturated heterocycles. The van der Waals surface area contributed by atoms with Gasteiger partial charge in [0.15, 0.2) is 5.82 Å². The van der Waals surface area contributed by atoms with E-state index in [1.54, 1.807) is 0 Å². The summed E-state index contributed by atoms with van der Waals surface area (Å²) in [6.07, 6.45) is 13.2. The van der Waals surface area contributed by atoms with Crippen LogP contribution < -0.4 is 0 Å². The van der Waals surface area contributed by atoms with Crippen molar-refractivity contribution in [3.8, 4) is 33.9 Å². The van der Waals surface area contributed by atoms with Crippen molar-refractivity contribution in [3.63, 3.8) is 0 Å². The Balaban J connectivity index is 1.29. The number of allylic oxidation sites excluding steroid dienone is 5. The molecule has 5 aromatic carbocycles. The summed E-state index contributed by atoms with van der Waals surface area (Å²) >= 11 is 0. The van der Waals surface area contributed by atoms with Crippen LogP contribution in [0.25, 0.3) is 67.1 Å². The molecule has 0 fully saturated rings. The van der Waals surface area contributed by atoms with Gasteiger partial charge in [0.05, 0.1) is 17.1 Å². The molecule has 0 aliphatic heterocycles. The Bertz CT molecular complexity index is 2420. The molecule has 2 aliphatic rings. The second kappa shape index (κ2) is 10.9. The number of pyridine rings is 1. The van der Waals surface area contributed by atoms with Crippen LogP contribution in [0, 0.1) is 5.41 Å². The van der Waals surface area contributed by atoms with Gasteiger partial charge in [-0.3, -0.25) is 4.98 Å². The highest BCUT2D eigenvalue weighted by atomic mass is 14.9. The maximum Gasteiger partial charge on any atom is 0.160 e. The lowest BCUT2D eigenvalue weighted by atomic mass is 9.62. The fraction of sp³-hybridized carbons (Fsp3) is 0.0682. The summed E-state index contributed by atoms with van der Waals surface area (Å²) in [6, 6.07) is 45.0. The van der Waals surface area contributed by atoms with E-state index in [4.69, 9.17) is 9.97 Å². The van der Waals surface area contributed by atoms with E-state index in [0.717, 1.165) is 33.8 Å². The van der Waals surface area contributed by atoms with Crippen LogP contribution in [0.1, 0.15) is 29.7 Å². The second-order valence-corrected chi connectivity index (χ2v) is 12.6. The predicted octanol–water partition coefficient (Wildman–Crippen LogP) is 10.9. The van der Waals surface area contributed by atoms with E-state index in [2.05, 4.69) is 151 Å². The summed E-state index contributed by atoms with van der Waals surface area (Å²) < 4.78 is 0. The Morgan fingerprint density at radius 1 is 0.596 bits per heavy atom. The molecule has 0 N–H and O–H groups in total. The third kappa shape index (κ3) is 4.54. The monoisotopic (exact) mass is 601 g/mol. The van der Waals surface area contributed by atoms with Gasteiger partial charge in [0, 0.05) is 34.2 Å². The van der Waals surface area contributed by atoms with Crippen molar-refractivity contribution >= 4 is 33.2 Å². The summed E-state index contributed by atoms with van der Waals surface area (Å²) in [5, 5.41) is 4.84. The molecular weight excluding hydrogens is 571 g/mol. The van der Waals surface area contributed by atoms with Crippen LogP contribution in [0.5, 0.6) is 0 Å². The molecule has 0 saturated carbocycles. The number of hydrogen-bond acceptors (Lipinski definition) is 3. The minimum absolute atomic E-state index is 0.213. The van der Waals surface area contributed by atoms with Crippen molar-refractivity contribution in [2.75, 3.05) is 0 Å². The highest BCUT2D eigenvalue weighted by Gasteiger charge is 2.41. The van der Waals surface area contributed by atoms with Crippen molar-refractivity contribution in [1.82, 2.24) is 15.0 Å². The fourth-order valence-corrected chi connectivity index (χ4v) is 7.45. The summed E-state index contributed by atoms with van der Waals surface area (Å²) in [6.45, 7) is 2.34. The van der Waals surface area contributed by atoms with Crippen molar-refractivity contribution in [2.45, 2.75) is 12.8 Å². The Kier molecular flexibility index (Phi) is 6.32. The quantitative estimate of drug-likeness (QED) is 0.188. The third-order valence-electron chi connectivity index (χ3n) is 9.86. The maximum atomic E-state index is 5.35. The molecule has 2 aliphatic carbocycles. The molecule has 9 rings (SSSR count). The van der Waals surface area contributed by atoms with E-state index >= 15 is 0 Å². The molecule has 222 valence electrons. The number of aromatic nitrogens is 3. The predicted molar refractivity (Wildman–Crippen MR) is 195 cm³/mol.